The fourth-order valence-corrected chi connectivity index (χ4v) is 1.72. The van der Waals surface area contributed by atoms with Crippen LogP contribution in [-0.4, -0.2) is 35.4 Å². The van der Waals surface area contributed by atoms with Gasteiger partial charge in [0.25, 0.3) is 0 Å². The Hall–Kier alpha value is -0.440. The number of hydrogen-bond donors (Lipinski definition) is 3. The van der Waals surface area contributed by atoms with Crippen molar-refractivity contribution in [1.29, 1.82) is 0 Å². The molecule has 0 aliphatic carbocycles. The van der Waals surface area contributed by atoms with Crippen molar-refractivity contribution in [3.8, 4) is 0 Å². The summed E-state index contributed by atoms with van der Waals surface area (Å²) in [4.78, 5) is 22.3. The maximum atomic E-state index is 11.4. The van der Waals surface area contributed by atoms with E-state index in [9.17, 15) is 9.59 Å². The van der Waals surface area contributed by atoms with Gasteiger partial charge >= 0.3 is 12.1 Å². The fraction of sp³-hybridized carbons (Fsp3) is 0.778. The van der Waals surface area contributed by atoms with Crippen molar-refractivity contribution in [2.45, 2.75) is 38.8 Å². The van der Waals surface area contributed by atoms with E-state index >= 15 is 0 Å². The normalized spacial score (nSPS) is 13.6. The summed E-state index contributed by atoms with van der Waals surface area (Å²) in [6.45, 7) is 5.69. The zero-order valence-corrected chi connectivity index (χ0v) is 12.4. The number of ether oxygens (including phenoxy) is 1. The van der Waals surface area contributed by atoms with Crippen molar-refractivity contribution in [1.82, 2.24) is 10.4 Å². The maximum Gasteiger partial charge on any atom is 0.408 e. The molecule has 3 N–H and O–H groups in total. The molecule has 0 aromatic heterocycles. The van der Waals surface area contributed by atoms with E-state index in [1.807, 2.05) is 0 Å². The third kappa shape index (κ3) is 9.28. The van der Waals surface area contributed by atoms with Crippen LogP contribution in [-0.2, 0) is 9.53 Å². The molecule has 0 saturated carbocycles. The molecule has 0 aliphatic rings. The first-order valence-electron chi connectivity index (χ1n) is 5.17. The lowest BCUT2D eigenvalue weighted by molar-refractivity contribution is -0.139. The second kappa shape index (κ2) is 7.80. The number of hydrogen-bond acceptors (Lipinski definition) is 4. The molecule has 0 bridgehead atoms. The van der Waals surface area contributed by atoms with E-state index in [0.29, 0.717) is 21.4 Å². The summed E-state index contributed by atoms with van der Waals surface area (Å²) in [6, 6.07) is -0.932. The van der Waals surface area contributed by atoms with Crippen LogP contribution in [0.5, 0.6) is 0 Å². The van der Waals surface area contributed by atoms with Gasteiger partial charge in [-0.15, -0.1) is 0 Å². The summed E-state index contributed by atoms with van der Waals surface area (Å²) in [7, 11) is 2.97. The summed E-state index contributed by atoms with van der Waals surface area (Å²) < 4.78 is 4.99. The quantitative estimate of drug-likeness (QED) is 0.505. The molecule has 1 amide bonds. The average Bonchev–Trinajstić information content (AvgIpc) is 2.13. The van der Waals surface area contributed by atoms with Gasteiger partial charge in [0.1, 0.15) is 11.6 Å². The van der Waals surface area contributed by atoms with Crippen molar-refractivity contribution < 1.29 is 19.4 Å². The maximum absolute atomic E-state index is 11.4. The highest BCUT2D eigenvalue weighted by Crippen LogP contribution is 2.13. The number of aliphatic carboxylic acids is 1. The van der Waals surface area contributed by atoms with Gasteiger partial charge in [-0.1, -0.05) is 8.93 Å². The Labute approximate surface area is 105 Å². The molecular formula is C9H20N2O4P2. The Morgan fingerprint density at radius 3 is 2.47 bits per heavy atom. The molecule has 0 heterocycles. The van der Waals surface area contributed by atoms with Gasteiger partial charge in [0, 0.05) is 6.54 Å². The van der Waals surface area contributed by atoms with Crippen molar-refractivity contribution in [3.05, 3.63) is 0 Å². The van der Waals surface area contributed by atoms with Gasteiger partial charge in [-0.05, 0) is 35.6 Å². The second-order valence-electron chi connectivity index (χ2n) is 4.40. The van der Waals surface area contributed by atoms with E-state index in [1.165, 1.54) is 0 Å². The molecule has 0 rings (SSSR count). The third-order valence-electron chi connectivity index (χ3n) is 1.65. The highest BCUT2D eigenvalue weighted by atomic mass is 32.0. The van der Waals surface area contributed by atoms with Crippen molar-refractivity contribution in [2.24, 2.45) is 0 Å². The van der Waals surface area contributed by atoms with Gasteiger partial charge in [-0.3, -0.25) is 5.09 Å². The van der Waals surface area contributed by atoms with Gasteiger partial charge in [0.2, 0.25) is 0 Å². The van der Waals surface area contributed by atoms with E-state index in [1.54, 1.807) is 20.8 Å². The van der Waals surface area contributed by atoms with Crippen LogP contribution >= 0.6 is 17.3 Å². The highest BCUT2D eigenvalue weighted by Gasteiger charge is 2.23. The molecule has 6 nitrogen and oxygen atoms in total. The number of carbonyl (C=O) groups excluding carboxylic acids is 1. The Kier molecular flexibility index (Phi) is 7.60. The first-order valence-corrected chi connectivity index (χ1v) is 7.98. The molecule has 8 heteroatoms. The number of carboxylic acids is 1. The monoisotopic (exact) mass is 282 g/mol. The van der Waals surface area contributed by atoms with E-state index in [-0.39, 0.29) is 0 Å². The van der Waals surface area contributed by atoms with Crippen molar-refractivity contribution in [3.63, 3.8) is 0 Å². The lowest BCUT2D eigenvalue weighted by Gasteiger charge is -2.22. The van der Waals surface area contributed by atoms with Gasteiger partial charge in [0.15, 0.2) is 0 Å². The fourth-order valence-electron chi connectivity index (χ4n) is 0.996. The summed E-state index contributed by atoms with van der Waals surface area (Å²) in [5, 5.41) is 14.2. The number of amides is 1. The molecule has 0 fully saturated rings. The molecule has 0 aromatic carbocycles. The van der Waals surface area contributed by atoms with E-state index < -0.39 is 23.7 Å². The van der Waals surface area contributed by atoms with Crippen molar-refractivity contribution in [2.75, 3.05) is 6.54 Å². The number of carboxylic acid groups (broad SMARTS) is 1. The first-order chi connectivity index (χ1) is 7.76. The molecule has 3 unspecified atom stereocenters. The lowest BCUT2D eigenvalue weighted by atomic mass is 10.2. The summed E-state index contributed by atoms with van der Waals surface area (Å²) in [5.74, 6) is -1.07. The molecule has 0 spiro atoms. The summed E-state index contributed by atoms with van der Waals surface area (Å²) in [6.07, 6.45) is -0.395. The molecule has 0 radical (unpaired) electrons. The predicted octanol–water partition coefficient (Wildman–Crippen LogP) is 1.33. The second-order valence-corrected chi connectivity index (χ2v) is 5.91. The van der Waals surface area contributed by atoms with Gasteiger partial charge < -0.3 is 15.2 Å². The smallest absolute Gasteiger partial charge is 0.408 e. The predicted molar refractivity (Wildman–Crippen MR) is 71.4 cm³/mol. The molecule has 0 aliphatic heterocycles. The van der Waals surface area contributed by atoms with Gasteiger partial charge in [-0.2, -0.15) is 0 Å². The zero-order chi connectivity index (χ0) is 13.5. The number of rotatable bonds is 6. The van der Waals surface area contributed by atoms with Crippen LogP contribution in [0.25, 0.3) is 0 Å². The highest BCUT2D eigenvalue weighted by molar-refractivity contribution is 8.01. The molecule has 17 heavy (non-hydrogen) atoms. The largest absolute Gasteiger partial charge is 0.480 e. The summed E-state index contributed by atoms with van der Waals surface area (Å²) >= 11 is 0. The Balaban J connectivity index is 4.16. The zero-order valence-electron chi connectivity index (χ0n) is 10.2. The van der Waals surface area contributed by atoms with Crippen LogP contribution in [0, 0.1) is 0 Å². The SMILES string of the molecule is CC(C)(C)OC(=O)NC(CCNPP)C(=O)O. The molecule has 3 atom stereocenters. The Morgan fingerprint density at radius 2 is 2.06 bits per heavy atom. The Morgan fingerprint density at radius 1 is 1.47 bits per heavy atom. The lowest BCUT2D eigenvalue weighted by Crippen LogP contribution is -2.44. The summed E-state index contributed by atoms with van der Waals surface area (Å²) in [5.41, 5.74) is -0.632. The van der Waals surface area contributed by atoms with Crippen LogP contribution in [0.1, 0.15) is 27.2 Å². The van der Waals surface area contributed by atoms with Crippen LogP contribution in [0.15, 0.2) is 0 Å². The standard InChI is InChI=1S/C9H20N2O4P2/c1-9(2,3)15-8(14)11-6(7(12)13)4-5-10-17-16/h6,10,17H,4-5,16H2,1-3H3,(H,11,14)(H,12,13). The minimum Gasteiger partial charge on any atom is -0.480 e. The number of carbonyl (C=O) groups is 2. The van der Waals surface area contributed by atoms with E-state index in [2.05, 4.69) is 19.3 Å². The minimum atomic E-state index is -1.07. The molecule has 0 aromatic rings. The van der Waals surface area contributed by atoms with E-state index in [0.717, 1.165) is 0 Å². The van der Waals surface area contributed by atoms with Gasteiger partial charge in [0.05, 0.1) is 0 Å². The first kappa shape index (κ1) is 16.6. The van der Waals surface area contributed by atoms with Crippen LogP contribution in [0.2, 0.25) is 0 Å². The van der Waals surface area contributed by atoms with E-state index in [4.69, 9.17) is 9.84 Å². The van der Waals surface area contributed by atoms with Crippen LogP contribution in [0.3, 0.4) is 0 Å². The van der Waals surface area contributed by atoms with Crippen LogP contribution < -0.4 is 10.4 Å². The number of alkyl carbamates (subject to hydrolysis) is 1. The molecular weight excluding hydrogens is 262 g/mol. The Bertz CT molecular complexity index is 268. The number of nitrogens with one attached hydrogen (secondary N) is 2. The molecule has 100 valence electrons. The van der Waals surface area contributed by atoms with Gasteiger partial charge in [-0.25, -0.2) is 9.59 Å². The minimum absolute atomic E-state index is 0.315. The molecule has 0 saturated heterocycles. The van der Waals surface area contributed by atoms with Crippen LogP contribution in [0.4, 0.5) is 4.79 Å². The van der Waals surface area contributed by atoms with Crippen molar-refractivity contribution >= 4 is 29.4 Å². The average molecular weight is 282 g/mol. The topological polar surface area (TPSA) is 87.7 Å². The third-order valence-corrected chi connectivity index (χ3v) is 2.72.